The van der Waals surface area contributed by atoms with Crippen molar-refractivity contribution in [2.24, 2.45) is 5.14 Å². The molecule has 2 aromatic rings. The van der Waals surface area contributed by atoms with Gasteiger partial charge in [0.2, 0.25) is 5.69 Å². The van der Waals surface area contributed by atoms with Crippen molar-refractivity contribution >= 4 is 33.3 Å². The number of hydrogen-bond acceptors (Lipinski definition) is 7. The largest absolute Gasteiger partial charge is 0.472 e. The van der Waals surface area contributed by atoms with Gasteiger partial charge in [-0.3, -0.25) is 5.41 Å². The molecule has 0 saturated heterocycles. The molecule has 0 amide bonds. The fourth-order valence-electron chi connectivity index (χ4n) is 1.60. The second kappa shape index (κ2) is 7.74. The minimum Gasteiger partial charge on any atom is -0.472 e. The highest BCUT2D eigenvalue weighted by atomic mass is 35.5. The fraction of sp³-hybridized carbons (Fsp3) is 0.250. The minimum atomic E-state index is -3.82. The quantitative estimate of drug-likeness (QED) is 0.466. The van der Waals surface area contributed by atoms with Gasteiger partial charge in [0.05, 0.1) is 5.02 Å². The third kappa shape index (κ3) is 5.09. The topological polar surface area (TPSA) is 147 Å². The van der Waals surface area contributed by atoms with Gasteiger partial charge in [0.25, 0.3) is 16.1 Å². The first-order valence-electron chi connectivity index (χ1n) is 6.69. The molecule has 0 aliphatic carbocycles. The van der Waals surface area contributed by atoms with Gasteiger partial charge in [-0.05, 0) is 28.5 Å². The van der Waals surface area contributed by atoms with Crippen molar-refractivity contribution < 1.29 is 22.2 Å². The lowest BCUT2D eigenvalue weighted by Gasteiger charge is -2.13. The maximum Gasteiger partial charge on any atom is 0.287 e. The van der Waals surface area contributed by atoms with Gasteiger partial charge in [-0.15, -0.1) is 0 Å². The van der Waals surface area contributed by atoms with Crippen LogP contribution in [-0.2, 0) is 10.2 Å². The molecule has 2 rings (SSSR count). The van der Waals surface area contributed by atoms with Gasteiger partial charge in [0.15, 0.2) is 5.84 Å². The highest BCUT2D eigenvalue weighted by Gasteiger charge is 2.18. The molecular weight excluding hydrogens is 379 g/mol. The first-order chi connectivity index (χ1) is 11.7. The highest BCUT2D eigenvalue weighted by molar-refractivity contribution is 7.86. The number of nitrogens with one attached hydrogen (secondary N) is 2. The normalized spacial score (nSPS) is 11.6. The molecule has 0 fully saturated rings. The summed E-state index contributed by atoms with van der Waals surface area (Å²) >= 11 is 5.67. The van der Waals surface area contributed by atoms with Gasteiger partial charge >= 0.3 is 0 Å². The molecule has 0 bridgehead atoms. The van der Waals surface area contributed by atoms with E-state index in [1.54, 1.807) is 0 Å². The molecule has 1 heterocycles. The van der Waals surface area contributed by atoms with E-state index in [-0.39, 0.29) is 35.6 Å². The van der Waals surface area contributed by atoms with E-state index in [1.165, 1.54) is 19.2 Å². The Bertz CT molecular complexity index is 874. The molecule has 4 N–H and O–H groups in total. The summed E-state index contributed by atoms with van der Waals surface area (Å²) < 4.78 is 45.9. The second-order valence-corrected chi connectivity index (χ2v) is 6.82. The van der Waals surface area contributed by atoms with E-state index in [0.717, 1.165) is 10.4 Å². The van der Waals surface area contributed by atoms with E-state index in [1.807, 2.05) is 0 Å². The molecule has 1 aromatic carbocycles. The number of anilines is 1. The lowest BCUT2D eigenvalue weighted by Crippen LogP contribution is -2.36. The SMILES string of the molecule is CN(CCOc1nonc1C(=N)Nc1ccc(F)c(Cl)c1)S(N)(=O)=O. The molecule has 0 unspecified atom stereocenters. The molecule has 25 heavy (non-hydrogen) atoms. The Morgan fingerprint density at radius 3 is 2.88 bits per heavy atom. The van der Waals surface area contributed by atoms with Crippen LogP contribution in [0.3, 0.4) is 0 Å². The van der Waals surface area contributed by atoms with Crippen molar-refractivity contribution in [3.63, 3.8) is 0 Å². The smallest absolute Gasteiger partial charge is 0.287 e. The molecule has 136 valence electrons. The average Bonchev–Trinajstić information content (AvgIpc) is 2.98. The van der Waals surface area contributed by atoms with Crippen molar-refractivity contribution in [3.05, 3.63) is 34.7 Å². The van der Waals surface area contributed by atoms with Crippen LogP contribution in [0.15, 0.2) is 22.8 Å². The van der Waals surface area contributed by atoms with Crippen LogP contribution in [0.2, 0.25) is 5.02 Å². The Morgan fingerprint density at radius 2 is 2.24 bits per heavy atom. The van der Waals surface area contributed by atoms with Crippen LogP contribution in [-0.4, -0.2) is 49.1 Å². The molecule has 0 saturated carbocycles. The predicted molar refractivity (Wildman–Crippen MR) is 87.4 cm³/mol. The van der Waals surface area contributed by atoms with Crippen molar-refractivity contribution in [3.8, 4) is 5.88 Å². The number of rotatable bonds is 7. The number of halogens is 2. The summed E-state index contributed by atoms with van der Waals surface area (Å²) in [5.41, 5.74) is 0.290. The van der Waals surface area contributed by atoms with E-state index in [0.29, 0.717) is 5.69 Å². The van der Waals surface area contributed by atoms with Gasteiger partial charge in [-0.1, -0.05) is 11.6 Å². The Balaban J connectivity index is 2.00. The van der Waals surface area contributed by atoms with Gasteiger partial charge in [0, 0.05) is 19.3 Å². The van der Waals surface area contributed by atoms with Crippen LogP contribution in [0.1, 0.15) is 5.69 Å². The van der Waals surface area contributed by atoms with Gasteiger partial charge in [-0.25, -0.2) is 14.2 Å². The number of nitrogens with zero attached hydrogens (tertiary/aromatic N) is 3. The lowest BCUT2D eigenvalue weighted by atomic mass is 10.3. The zero-order valence-electron chi connectivity index (χ0n) is 12.9. The number of amidine groups is 1. The average molecular weight is 393 g/mol. The maximum atomic E-state index is 13.1. The molecule has 0 spiro atoms. The third-order valence-electron chi connectivity index (χ3n) is 2.96. The van der Waals surface area contributed by atoms with Crippen LogP contribution >= 0.6 is 11.6 Å². The molecule has 0 aliphatic rings. The Morgan fingerprint density at radius 1 is 1.52 bits per heavy atom. The van der Waals surface area contributed by atoms with Crippen LogP contribution in [0.25, 0.3) is 0 Å². The van der Waals surface area contributed by atoms with E-state index in [4.69, 9.17) is 26.9 Å². The highest BCUT2D eigenvalue weighted by Crippen LogP contribution is 2.21. The summed E-state index contributed by atoms with van der Waals surface area (Å²) in [6, 6.07) is 3.81. The summed E-state index contributed by atoms with van der Waals surface area (Å²) in [5, 5.41) is 22.5. The number of benzene rings is 1. The molecule has 0 atom stereocenters. The molecular formula is C12H14ClFN6O4S. The van der Waals surface area contributed by atoms with E-state index in [2.05, 4.69) is 20.3 Å². The zero-order chi connectivity index (χ0) is 18.6. The number of hydrogen-bond donors (Lipinski definition) is 3. The number of nitrogens with two attached hydrogens (primary N) is 1. The predicted octanol–water partition coefficient (Wildman–Crippen LogP) is 0.814. The lowest BCUT2D eigenvalue weighted by molar-refractivity contribution is 0.244. The molecule has 0 radical (unpaired) electrons. The summed E-state index contributed by atoms with van der Waals surface area (Å²) in [6.45, 7) is -0.136. The fourth-order valence-corrected chi connectivity index (χ4v) is 2.11. The van der Waals surface area contributed by atoms with E-state index >= 15 is 0 Å². The Labute approximate surface area is 147 Å². The number of ether oxygens (including phenoxy) is 1. The standard InChI is InChI=1S/C12H14ClFN6O4S/c1-20(25(16,21)22)4-5-23-12-10(18-24-19-12)11(15)17-7-2-3-9(14)8(13)6-7/h2-3,6H,4-5H2,1H3,(H2,15,17)(H2,16,21,22). The molecule has 1 aromatic heterocycles. The summed E-state index contributed by atoms with van der Waals surface area (Å²) in [7, 11) is -2.54. The van der Waals surface area contributed by atoms with Crippen molar-refractivity contribution in [1.29, 1.82) is 5.41 Å². The van der Waals surface area contributed by atoms with E-state index in [9.17, 15) is 12.8 Å². The summed E-state index contributed by atoms with van der Waals surface area (Å²) in [6.07, 6.45) is 0. The summed E-state index contributed by atoms with van der Waals surface area (Å²) in [5.74, 6) is -0.947. The number of aromatic nitrogens is 2. The molecule has 0 aliphatic heterocycles. The third-order valence-corrected chi connectivity index (χ3v) is 4.30. The first kappa shape index (κ1) is 19.1. The van der Waals surface area contributed by atoms with E-state index < -0.39 is 16.0 Å². The van der Waals surface area contributed by atoms with Crippen LogP contribution in [0.5, 0.6) is 5.88 Å². The maximum absolute atomic E-state index is 13.1. The molecule has 10 nitrogen and oxygen atoms in total. The van der Waals surface area contributed by atoms with Crippen molar-refractivity contribution in [2.45, 2.75) is 0 Å². The first-order valence-corrected chi connectivity index (χ1v) is 8.57. The summed E-state index contributed by atoms with van der Waals surface area (Å²) in [4.78, 5) is 0. The van der Waals surface area contributed by atoms with Crippen LogP contribution < -0.4 is 15.2 Å². The van der Waals surface area contributed by atoms with Crippen molar-refractivity contribution in [2.75, 3.05) is 25.5 Å². The zero-order valence-corrected chi connectivity index (χ0v) is 14.4. The Hall–Kier alpha value is -2.28. The van der Waals surface area contributed by atoms with Gasteiger partial charge in [0.1, 0.15) is 12.4 Å². The second-order valence-electron chi connectivity index (χ2n) is 4.76. The Kier molecular flexibility index (Phi) is 5.89. The van der Waals surface area contributed by atoms with Gasteiger partial charge in [-0.2, -0.15) is 12.7 Å². The van der Waals surface area contributed by atoms with Gasteiger partial charge < -0.3 is 10.1 Å². The minimum absolute atomic E-state index is 0.0422. The van der Waals surface area contributed by atoms with Crippen LogP contribution in [0.4, 0.5) is 10.1 Å². The number of likely N-dealkylation sites (N-methyl/N-ethyl adjacent to an activating group) is 1. The monoisotopic (exact) mass is 392 g/mol. The molecule has 13 heteroatoms. The van der Waals surface area contributed by atoms with Crippen LogP contribution in [0, 0.1) is 11.2 Å². The van der Waals surface area contributed by atoms with Crippen molar-refractivity contribution in [1.82, 2.24) is 14.6 Å².